The van der Waals surface area contributed by atoms with Crippen LogP contribution in [0.3, 0.4) is 0 Å². The van der Waals surface area contributed by atoms with Crippen molar-refractivity contribution in [2.45, 2.75) is 38.1 Å². The molecule has 1 aromatic rings. The molecule has 2 heteroatoms. The van der Waals surface area contributed by atoms with Gasteiger partial charge in [-0.3, -0.25) is 0 Å². The Morgan fingerprint density at radius 2 is 2.06 bits per heavy atom. The first kappa shape index (κ1) is 11.5. The van der Waals surface area contributed by atoms with E-state index >= 15 is 0 Å². The zero-order chi connectivity index (χ0) is 11.2. The molecular weight excluding hydrogens is 198 g/mol. The van der Waals surface area contributed by atoms with Gasteiger partial charge in [-0.2, -0.15) is 0 Å². The Balaban J connectivity index is 1.79. The van der Waals surface area contributed by atoms with E-state index in [1.807, 2.05) is 12.1 Å². The lowest BCUT2D eigenvalue weighted by molar-refractivity contribution is 0.382. The van der Waals surface area contributed by atoms with Crippen LogP contribution < -0.4 is 10.1 Å². The van der Waals surface area contributed by atoms with Gasteiger partial charge in [0.05, 0.1) is 7.11 Å². The van der Waals surface area contributed by atoms with Gasteiger partial charge in [-0.1, -0.05) is 18.6 Å². The number of nitrogens with one attached hydrogen (secondary N) is 1. The van der Waals surface area contributed by atoms with E-state index in [-0.39, 0.29) is 0 Å². The molecule has 2 nitrogen and oxygen atoms in total. The van der Waals surface area contributed by atoms with E-state index in [1.165, 1.54) is 44.2 Å². The van der Waals surface area contributed by atoms with Gasteiger partial charge in [0.15, 0.2) is 0 Å². The molecule has 2 rings (SSSR count). The third-order valence-corrected chi connectivity index (χ3v) is 3.35. The smallest absolute Gasteiger partial charge is 0.118 e. The zero-order valence-corrected chi connectivity index (χ0v) is 10.0. The van der Waals surface area contributed by atoms with Crippen LogP contribution in [0.1, 0.15) is 31.2 Å². The molecule has 0 radical (unpaired) electrons. The van der Waals surface area contributed by atoms with Crippen molar-refractivity contribution in [3.63, 3.8) is 0 Å². The monoisotopic (exact) mass is 219 g/mol. The largest absolute Gasteiger partial charge is 0.497 e. The van der Waals surface area contributed by atoms with Crippen molar-refractivity contribution in [1.82, 2.24) is 5.32 Å². The lowest BCUT2D eigenvalue weighted by Gasteiger charge is -2.23. The van der Waals surface area contributed by atoms with Crippen molar-refractivity contribution >= 4 is 0 Å². The average Bonchev–Trinajstić information content (AvgIpc) is 2.38. The summed E-state index contributed by atoms with van der Waals surface area (Å²) in [5.74, 6) is 0.944. The fourth-order valence-corrected chi connectivity index (χ4v) is 2.30. The minimum absolute atomic E-state index is 0.732. The van der Waals surface area contributed by atoms with Crippen LogP contribution >= 0.6 is 0 Å². The average molecular weight is 219 g/mol. The Kier molecular flexibility index (Phi) is 4.23. The third kappa shape index (κ3) is 3.24. The van der Waals surface area contributed by atoms with Gasteiger partial charge in [0.25, 0.3) is 0 Å². The van der Waals surface area contributed by atoms with Crippen LogP contribution in [-0.4, -0.2) is 19.7 Å². The molecule has 16 heavy (non-hydrogen) atoms. The Bertz CT molecular complexity index is 301. The normalized spacial score (nSPS) is 20.7. The minimum atomic E-state index is 0.732. The highest BCUT2D eigenvalue weighted by molar-refractivity contribution is 5.27. The molecule has 0 amide bonds. The molecular formula is C14H21NO. The summed E-state index contributed by atoms with van der Waals surface area (Å²) in [5, 5.41) is 3.59. The zero-order valence-electron chi connectivity index (χ0n) is 10.0. The number of hydrogen-bond acceptors (Lipinski definition) is 2. The lowest BCUT2D eigenvalue weighted by atomic mass is 9.98. The first-order chi connectivity index (χ1) is 7.88. The first-order valence-electron chi connectivity index (χ1n) is 6.25. The molecule has 0 aromatic heterocycles. The van der Waals surface area contributed by atoms with Crippen LogP contribution in [0.15, 0.2) is 24.3 Å². The van der Waals surface area contributed by atoms with E-state index < -0.39 is 0 Å². The quantitative estimate of drug-likeness (QED) is 0.840. The summed E-state index contributed by atoms with van der Waals surface area (Å²) in [6.45, 7) is 1.20. The van der Waals surface area contributed by atoms with E-state index in [4.69, 9.17) is 4.74 Å². The SMILES string of the molecule is COc1ccc(CC[C@@H]2CCCCN2)cc1. The summed E-state index contributed by atoms with van der Waals surface area (Å²) in [7, 11) is 1.71. The highest BCUT2D eigenvalue weighted by Gasteiger charge is 2.11. The number of aryl methyl sites for hydroxylation is 1. The molecule has 1 aliphatic heterocycles. The second kappa shape index (κ2) is 5.90. The van der Waals surface area contributed by atoms with Crippen molar-refractivity contribution in [2.24, 2.45) is 0 Å². The molecule has 0 bridgehead atoms. The number of ether oxygens (including phenoxy) is 1. The minimum Gasteiger partial charge on any atom is -0.497 e. The Morgan fingerprint density at radius 1 is 1.25 bits per heavy atom. The summed E-state index contributed by atoms with van der Waals surface area (Å²) in [6, 6.07) is 9.16. The first-order valence-corrected chi connectivity index (χ1v) is 6.25. The van der Waals surface area contributed by atoms with Crippen LogP contribution in [0.5, 0.6) is 5.75 Å². The Hall–Kier alpha value is -1.02. The van der Waals surface area contributed by atoms with E-state index in [0.717, 1.165) is 11.8 Å². The molecule has 1 N–H and O–H groups in total. The fourth-order valence-electron chi connectivity index (χ4n) is 2.30. The van der Waals surface area contributed by atoms with Crippen LogP contribution in [0.25, 0.3) is 0 Å². The van der Waals surface area contributed by atoms with Crippen LogP contribution in [0.4, 0.5) is 0 Å². The predicted octanol–water partition coefficient (Wildman–Crippen LogP) is 2.77. The maximum absolute atomic E-state index is 5.15. The van der Waals surface area contributed by atoms with Gasteiger partial charge < -0.3 is 10.1 Å². The van der Waals surface area contributed by atoms with E-state index in [1.54, 1.807) is 7.11 Å². The standard InChI is InChI=1S/C14H21NO/c1-16-14-9-6-12(7-10-14)5-8-13-4-2-3-11-15-13/h6-7,9-10,13,15H,2-5,8,11H2,1H3/t13-/m0/s1. The molecule has 1 atom stereocenters. The molecule has 0 unspecified atom stereocenters. The molecule has 1 aliphatic rings. The summed E-state index contributed by atoms with van der Waals surface area (Å²) < 4.78 is 5.15. The molecule has 1 fully saturated rings. The molecule has 0 aliphatic carbocycles. The number of hydrogen-bond donors (Lipinski definition) is 1. The topological polar surface area (TPSA) is 21.3 Å². The van der Waals surface area contributed by atoms with Crippen LogP contribution in [0.2, 0.25) is 0 Å². The lowest BCUT2D eigenvalue weighted by Crippen LogP contribution is -2.34. The van der Waals surface area contributed by atoms with E-state index in [2.05, 4.69) is 17.4 Å². The summed E-state index contributed by atoms with van der Waals surface area (Å²) in [4.78, 5) is 0. The van der Waals surface area contributed by atoms with Crippen LogP contribution in [-0.2, 0) is 6.42 Å². The fraction of sp³-hybridized carbons (Fsp3) is 0.571. The van der Waals surface area contributed by atoms with Crippen molar-refractivity contribution in [1.29, 1.82) is 0 Å². The maximum atomic E-state index is 5.15. The van der Waals surface area contributed by atoms with Gasteiger partial charge >= 0.3 is 0 Å². The van der Waals surface area contributed by atoms with Crippen molar-refractivity contribution < 1.29 is 4.74 Å². The highest BCUT2D eigenvalue weighted by atomic mass is 16.5. The van der Waals surface area contributed by atoms with Crippen molar-refractivity contribution in [3.05, 3.63) is 29.8 Å². The van der Waals surface area contributed by atoms with Crippen LogP contribution in [0, 0.1) is 0 Å². The third-order valence-electron chi connectivity index (χ3n) is 3.35. The number of benzene rings is 1. The molecule has 1 saturated heterocycles. The van der Waals surface area contributed by atoms with E-state index in [9.17, 15) is 0 Å². The predicted molar refractivity (Wildman–Crippen MR) is 67.0 cm³/mol. The Labute approximate surface area is 98.0 Å². The molecule has 0 saturated carbocycles. The Morgan fingerprint density at radius 3 is 2.69 bits per heavy atom. The van der Waals surface area contributed by atoms with Crippen molar-refractivity contribution in [3.8, 4) is 5.75 Å². The van der Waals surface area contributed by atoms with Gasteiger partial charge in [-0.05, 0) is 49.9 Å². The van der Waals surface area contributed by atoms with Crippen molar-refractivity contribution in [2.75, 3.05) is 13.7 Å². The molecule has 0 spiro atoms. The number of rotatable bonds is 4. The second-order valence-electron chi connectivity index (χ2n) is 4.53. The maximum Gasteiger partial charge on any atom is 0.118 e. The second-order valence-corrected chi connectivity index (χ2v) is 4.53. The summed E-state index contributed by atoms with van der Waals surface area (Å²) >= 11 is 0. The number of piperidine rings is 1. The van der Waals surface area contributed by atoms with Gasteiger partial charge in [0.2, 0.25) is 0 Å². The summed E-state index contributed by atoms with van der Waals surface area (Å²) in [5.41, 5.74) is 1.41. The highest BCUT2D eigenvalue weighted by Crippen LogP contribution is 2.16. The van der Waals surface area contributed by atoms with Gasteiger partial charge in [-0.25, -0.2) is 0 Å². The number of methoxy groups -OCH3 is 1. The van der Waals surface area contributed by atoms with Gasteiger partial charge in [0, 0.05) is 6.04 Å². The van der Waals surface area contributed by atoms with Gasteiger partial charge in [0.1, 0.15) is 5.75 Å². The molecule has 1 aromatic carbocycles. The van der Waals surface area contributed by atoms with Gasteiger partial charge in [-0.15, -0.1) is 0 Å². The summed E-state index contributed by atoms with van der Waals surface area (Å²) in [6.07, 6.45) is 6.50. The van der Waals surface area contributed by atoms with E-state index in [0.29, 0.717) is 0 Å². The molecule has 88 valence electrons. The molecule has 1 heterocycles.